The average molecular weight is 265 g/mol. The molecule has 0 saturated carbocycles. The SMILES string of the molecule is COc1cc(C)cc(C)c1C(CC(=O)O)NC(C)=O. The third-order valence-electron chi connectivity index (χ3n) is 2.82. The van der Waals surface area contributed by atoms with E-state index in [1.807, 2.05) is 26.0 Å². The highest BCUT2D eigenvalue weighted by Crippen LogP contribution is 2.31. The fraction of sp³-hybridized carbons (Fsp3) is 0.429. The third kappa shape index (κ3) is 3.98. The molecule has 1 rings (SSSR count). The maximum Gasteiger partial charge on any atom is 0.305 e. The van der Waals surface area contributed by atoms with Crippen LogP contribution < -0.4 is 10.1 Å². The summed E-state index contributed by atoms with van der Waals surface area (Å²) in [5, 5.41) is 11.6. The lowest BCUT2D eigenvalue weighted by Crippen LogP contribution is -2.29. The number of benzene rings is 1. The zero-order chi connectivity index (χ0) is 14.6. The predicted octanol–water partition coefficient (Wildman–Crippen LogP) is 1.96. The average Bonchev–Trinajstić information content (AvgIpc) is 2.25. The van der Waals surface area contributed by atoms with Crippen molar-refractivity contribution < 1.29 is 19.4 Å². The number of amides is 1. The molecular formula is C14H19NO4. The Labute approximate surface area is 112 Å². The number of hydrogen-bond acceptors (Lipinski definition) is 3. The van der Waals surface area contributed by atoms with Crippen LogP contribution in [0.25, 0.3) is 0 Å². The molecule has 104 valence electrons. The van der Waals surface area contributed by atoms with Gasteiger partial charge in [0.05, 0.1) is 19.6 Å². The Morgan fingerprint density at radius 1 is 1.37 bits per heavy atom. The van der Waals surface area contributed by atoms with Crippen molar-refractivity contribution in [3.8, 4) is 5.75 Å². The molecule has 1 aromatic rings. The number of carbonyl (C=O) groups is 2. The Balaban J connectivity index is 3.27. The number of nitrogens with one attached hydrogen (secondary N) is 1. The highest BCUT2D eigenvalue weighted by atomic mass is 16.5. The van der Waals surface area contributed by atoms with Crippen molar-refractivity contribution in [2.75, 3.05) is 7.11 Å². The second-order valence-corrected chi connectivity index (χ2v) is 4.55. The van der Waals surface area contributed by atoms with Crippen LogP contribution in [0.3, 0.4) is 0 Å². The summed E-state index contributed by atoms with van der Waals surface area (Å²) < 4.78 is 5.31. The van der Waals surface area contributed by atoms with Gasteiger partial charge in [0.25, 0.3) is 0 Å². The molecule has 0 aliphatic heterocycles. The van der Waals surface area contributed by atoms with Gasteiger partial charge >= 0.3 is 5.97 Å². The van der Waals surface area contributed by atoms with Gasteiger partial charge in [0, 0.05) is 12.5 Å². The molecular weight excluding hydrogens is 246 g/mol. The normalized spacial score (nSPS) is 11.8. The lowest BCUT2D eigenvalue weighted by atomic mass is 9.95. The zero-order valence-corrected chi connectivity index (χ0v) is 11.6. The van der Waals surface area contributed by atoms with E-state index in [4.69, 9.17) is 9.84 Å². The first-order valence-electron chi connectivity index (χ1n) is 5.99. The first kappa shape index (κ1) is 15.0. The molecule has 0 aliphatic carbocycles. The molecule has 0 aliphatic rings. The quantitative estimate of drug-likeness (QED) is 0.853. The fourth-order valence-corrected chi connectivity index (χ4v) is 2.20. The summed E-state index contributed by atoms with van der Waals surface area (Å²) in [7, 11) is 1.53. The first-order chi connectivity index (χ1) is 8.85. The van der Waals surface area contributed by atoms with E-state index in [1.54, 1.807) is 0 Å². The van der Waals surface area contributed by atoms with Gasteiger partial charge in [-0.25, -0.2) is 0 Å². The van der Waals surface area contributed by atoms with Crippen molar-refractivity contribution in [2.24, 2.45) is 0 Å². The predicted molar refractivity (Wildman–Crippen MR) is 71.3 cm³/mol. The Morgan fingerprint density at radius 2 is 2.00 bits per heavy atom. The maximum absolute atomic E-state index is 11.2. The number of hydrogen-bond donors (Lipinski definition) is 2. The van der Waals surface area contributed by atoms with Crippen LogP contribution in [0.15, 0.2) is 12.1 Å². The minimum atomic E-state index is -0.972. The second kappa shape index (κ2) is 6.22. The maximum atomic E-state index is 11.2. The fourth-order valence-electron chi connectivity index (χ4n) is 2.20. The Kier molecular flexibility index (Phi) is 4.92. The minimum Gasteiger partial charge on any atom is -0.496 e. The molecule has 0 saturated heterocycles. The molecule has 1 aromatic carbocycles. The van der Waals surface area contributed by atoms with Crippen LogP contribution in [0.2, 0.25) is 0 Å². The number of methoxy groups -OCH3 is 1. The summed E-state index contributed by atoms with van der Waals surface area (Å²) in [5.74, 6) is -0.647. The molecule has 0 fully saturated rings. The lowest BCUT2D eigenvalue weighted by molar-refractivity contribution is -0.137. The molecule has 5 heteroatoms. The van der Waals surface area contributed by atoms with E-state index in [2.05, 4.69) is 5.32 Å². The molecule has 5 nitrogen and oxygen atoms in total. The molecule has 0 aromatic heterocycles. The number of carboxylic acids is 1. The number of ether oxygens (including phenoxy) is 1. The lowest BCUT2D eigenvalue weighted by Gasteiger charge is -2.22. The summed E-state index contributed by atoms with van der Waals surface area (Å²) in [4.78, 5) is 22.2. The number of rotatable bonds is 5. The minimum absolute atomic E-state index is 0.181. The van der Waals surface area contributed by atoms with Crippen LogP contribution in [0.1, 0.15) is 36.1 Å². The second-order valence-electron chi connectivity index (χ2n) is 4.55. The highest BCUT2D eigenvalue weighted by molar-refractivity contribution is 5.75. The van der Waals surface area contributed by atoms with E-state index in [9.17, 15) is 9.59 Å². The summed E-state index contributed by atoms with van der Waals surface area (Å²) >= 11 is 0. The van der Waals surface area contributed by atoms with Crippen LogP contribution in [-0.2, 0) is 9.59 Å². The third-order valence-corrected chi connectivity index (χ3v) is 2.82. The van der Waals surface area contributed by atoms with Crippen LogP contribution in [-0.4, -0.2) is 24.1 Å². The van der Waals surface area contributed by atoms with Gasteiger partial charge in [0.1, 0.15) is 5.75 Å². The van der Waals surface area contributed by atoms with Gasteiger partial charge in [-0.3, -0.25) is 9.59 Å². The van der Waals surface area contributed by atoms with E-state index < -0.39 is 12.0 Å². The molecule has 0 radical (unpaired) electrons. The van der Waals surface area contributed by atoms with Gasteiger partial charge in [-0.1, -0.05) is 6.07 Å². The molecule has 19 heavy (non-hydrogen) atoms. The molecule has 0 spiro atoms. The van der Waals surface area contributed by atoms with E-state index in [-0.39, 0.29) is 12.3 Å². The van der Waals surface area contributed by atoms with Crippen LogP contribution in [0.5, 0.6) is 5.75 Å². The van der Waals surface area contributed by atoms with Crippen molar-refractivity contribution in [2.45, 2.75) is 33.2 Å². The molecule has 1 amide bonds. The van der Waals surface area contributed by atoms with Crippen molar-refractivity contribution in [1.82, 2.24) is 5.32 Å². The zero-order valence-electron chi connectivity index (χ0n) is 11.6. The number of aryl methyl sites for hydroxylation is 2. The van der Waals surface area contributed by atoms with E-state index in [0.29, 0.717) is 11.3 Å². The Morgan fingerprint density at radius 3 is 2.47 bits per heavy atom. The molecule has 0 heterocycles. The van der Waals surface area contributed by atoms with Gasteiger partial charge in [0.2, 0.25) is 5.91 Å². The van der Waals surface area contributed by atoms with Crippen LogP contribution in [0.4, 0.5) is 0 Å². The largest absolute Gasteiger partial charge is 0.496 e. The number of aliphatic carboxylic acids is 1. The van der Waals surface area contributed by atoms with E-state index in [0.717, 1.165) is 11.1 Å². The smallest absolute Gasteiger partial charge is 0.305 e. The monoisotopic (exact) mass is 265 g/mol. The van der Waals surface area contributed by atoms with Gasteiger partial charge < -0.3 is 15.2 Å². The summed E-state index contributed by atoms with van der Waals surface area (Å²) in [5.41, 5.74) is 2.64. The standard InChI is InChI=1S/C14H19NO4/c1-8-5-9(2)14(12(6-8)19-4)11(7-13(17)18)15-10(3)16/h5-6,11H,7H2,1-4H3,(H,15,16)(H,17,18). The van der Waals surface area contributed by atoms with Crippen molar-refractivity contribution >= 4 is 11.9 Å². The van der Waals surface area contributed by atoms with Crippen LogP contribution in [0, 0.1) is 13.8 Å². The first-order valence-corrected chi connectivity index (χ1v) is 5.99. The highest BCUT2D eigenvalue weighted by Gasteiger charge is 2.22. The molecule has 1 atom stereocenters. The van der Waals surface area contributed by atoms with Gasteiger partial charge in [-0.05, 0) is 31.0 Å². The van der Waals surface area contributed by atoms with E-state index in [1.165, 1.54) is 14.0 Å². The molecule has 1 unspecified atom stereocenters. The van der Waals surface area contributed by atoms with Crippen LogP contribution >= 0.6 is 0 Å². The van der Waals surface area contributed by atoms with Gasteiger partial charge in [-0.2, -0.15) is 0 Å². The molecule has 2 N–H and O–H groups in total. The summed E-state index contributed by atoms with van der Waals surface area (Å²) in [6.07, 6.45) is -0.181. The van der Waals surface area contributed by atoms with Gasteiger partial charge in [0.15, 0.2) is 0 Å². The summed E-state index contributed by atoms with van der Waals surface area (Å²) in [6, 6.07) is 3.18. The number of carbonyl (C=O) groups excluding carboxylic acids is 1. The summed E-state index contributed by atoms with van der Waals surface area (Å²) in [6.45, 7) is 5.18. The van der Waals surface area contributed by atoms with Crippen molar-refractivity contribution in [3.05, 3.63) is 28.8 Å². The van der Waals surface area contributed by atoms with E-state index >= 15 is 0 Å². The number of carboxylic acid groups (broad SMARTS) is 1. The Hall–Kier alpha value is -2.04. The Bertz CT molecular complexity index is 480. The topological polar surface area (TPSA) is 75.6 Å². The van der Waals surface area contributed by atoms with Crippen molar-refractivity contribution in [1.29, 1.82) is 0 Å². The van der Waals surface area contributed by atoms with Crippen molar-refractivity contribution in [3.63, 3.8) is 0 Å². The molecule has 0 bridgehead atoms. The van der Waals surface area contributed by atoms with Gasteiger partial charge in [-0.15, -0.1) is 0 Å².